The van der Waals surface area contributed by atoms with Crippen molar-refractivity contribution in [1.82, 2.24) is 0 Å². The van der Waals surface area contributed by atoms with E-state index in [1.165, 1.54) is 0 Å². The fourth-order valence-corrected chi connectivity index (χ4v) is 1.03. The highest BCUT2D eigenvalue weighted by molar-refractivity contribution is 6.30. The Hall–Kier alpha value is -1.30. The van der Waals surface area contributed by atoms with Crippen LogP contribution in [-0.2, 0) is 10.7 Å². The Labute approximate surface area is 86.1 Å². The molecule has 0 radical (unpaired) electrons. The summed E-state index contributed by atoms with van der Waals surface area (Å²) in [7, 11) is 0. The summed E-state index contributed by atoms with van der Waals surface area (Å²) >= 11 is 5.11. The molecule has 0 fully saturated rings. The molecule has 0 saturated heterocycles. The molecule has 1 rings (SSSR count). The molecule has 2 nitrogen and oxygen atoms in total. The molecular weight excluding hydrogens is 240 g/mol. The van der Waals surface area contributed by atoms with Gasteiger partial charge in [-0.3, -0.25) is 0 Å². The summed E-state index contributed by atoms with van der Waals surface area (Å²) in [5, 5.41) is 7.41. The SMILES string of the molecule is O=C(O)C(F)(F)c1cc(F)c(Cl)cc1F. The van der Waals surface area contributed by atoms with Crippen molar-refractivity contribution in [3.63, 3.8) is 0 Å². The van der Waals surface area contributed by atoms with Gasteiger partial charge in [0.1, 0.15) is 11.6 Å². The van der Waals surface area contributed by atoms with Crippen molar-refractivity contribution in [2.45, 2.75) is 5.92 Å². The Bertz CT molecular complexity index is 419. The topological polar surface area (TPSA) is 37.3 Å². The highest BCUT2D eigenvalue weighted by Crippen LogP contribution is 2.32. The van der Waals surface area contributed by atoms with E-state index < -0.39 is 34.1 Å². The van der Waals surface area contributed by atoms with Gasteiger partial charge in [0.25, 0.3) is 0 Å². The molecule has 0 aromatic heterocycles. The highest BCUT2D eigenvalue weighted by atomic mass is 35.5. The molecule has 1 aromatic carbocycles. The summed E-state index contributed by atoms with van der Waals surface area (Å²) in [6.07, 6.45) is 0. The minimum Gasteiger partial charge on any atom is -0.477 e. The molecule has 0 spiro atoms. The molecule has 82 valence electrons. The van der Waals surface area contributed by atoms with E-state index in [9.17, 15) is 22.4 Å². The minimum absolute atomic E-state index is 0.0613. The standard InChI is InChI=1S/C8H3ClF4O2/c9-4-2-5(10)3(1-6(4)11)8(12,13)7(14)15/h1-2H,(H,14,15). The van der Waals surface area contributed by atoms with Crippen LogP contribution in [0.3, 0.4) is 0 Å². The second-order valence-corrected chi connectivity index (χ2v) is 3.03. The summed E-state index contributed by atoms with van der Waals surface area (Å²) < 4.78 is 51.2. The first kappa shape index (κ1) is 11.8. The molecule has 0 aliphatic heterocycles. The predicted octanol–water partition coefficient (Wildman–Crippen LogP) is 2.79. The summed E-state index contributed by atoms with van der Waals surface area (Å²) in [5.74, 6) is -9.94. The fourth-order valence-electron chi connectivity index (χ4n) is 0.878. The predicted molar refractivity (Wildman–Crippen MR) is 42.9 cm³/mol. The van der Waals surface area contributed by atoms with Crippen LogP contribution in [-0.4, -0.2) is 11.1 Å². The molecule has 0 heterocycles. The van der Waals surface area contributed by atoms with Crippen molar-refractivity contribution in [3.05, 3.63) is 34.4 Å². The van der Waals surface area contributed by atoms with Crippen molar-refractivity contribution in [2.75, 3.05) is 0 Å². The van der Waals surface area contributed by atoms with Crippen molar-refractivity contribution >= 4 is 17.6 Å². The summed E-state index contributed by atoms with van der Waals surface area (Å²) in [5.41, 5.74) is -1.56. The lowest BCUT2D eigenvalue weighted by Crippen LogP contribution is -2.26. The second kappa shape index (κ2) is 3.69. The molecule has 0 amide bonds. The van der Waals surface area contributed by atoms with Crippen molar-refractivity contribution in [3.8, 4) is 0 Å². The zero-order valence-corrected chi connectivity index (χ0v) is 7.66. The third-order valence-corrected chi connectivity index (χ3v) is 1.91. The lowest BCUT2D eigenvalue weighted by atomic mass is 10.1. The minimum atomic E-state index is -4.49. The van der Waals surface area contributed by atoms with Gasteiger partial charge in [-0.15, -0.1) is 0 Å². The van der Waals surface area contributed by atoms with Gasteiger partial charge >= 0.3 is 11.9 Å². The maximum absolute atomic E-state index is 12.9. The van der Waals surface area contributed by atoms with Gasteiger partial charge in [-0.05, 0) is 12.1 Å². The number of carbonyl (C=O) groups is 1. The van der Waals surface area contributed by atoms with Crippen LogP contribution in [0.25, 0.3) is 0 Å². The van der Waals surface area contributed by atoms with Crippen LogP contribution in [0, 0.1) is 11.6 Å². The Morgan fingerprint density at radius 2 is 1.80 bits per heavy atom. The maximum atomic E-state index is 12.9. The number of alkyl halides is 2. The Morgan fingerprint density at radius 1 is 1.27 bits per heavy atom. The Morgan fingerprint density at radius 3 is 2.27 bits per heavy atom. The van der Waals surface area contributed by atoms with Crippen LogP contribution in [0.1, 0.15) is 5.56 Å². The highest BCUT2D eigenvalue weighted by Gasteiger charge is 2.44. The number of hydrogen-bond acceptors (Lipinski definition) is 1. The van der Waals surface area contributed by atoms with Crippen LogP contribution in [0.15, 0.2) is 12.1 Å². The zero-order valence-electron chi connectivity index (χ0n) is 6.90. The maximum Gasteiger partial charge on any atom is 0.379 e. The van der Waals surface area contributed by atoms with Gasteiger partial charge in [0.05, 0.1) is 10.6 Å². The van der Waals surface area contributed by atoms with Crippen molar-refractivity contribution in [2.24, 2.45) is 0 Å². The van der Waals surface area contributed by atoms with E-state index >= 15 is 0 Å². The van der Waals surface area contributed by atoms with Crippen molar-refractivity contribution in [1.29, 1.82) is 0 Å². The average Bonchev–Trinajstić information content (AvgIpc) is 2.10. The van der Waals surface area contributed by atoms with E-state index in [1.807, 2.05) is 0 Å². The van der Waals surface area contributed by atoms with E-state index in [2.05, 4.69) is 0 Å². The number of carboxylic acid groups (broad SMARTS) is 1. The number of halogens is 5. The first-order valence-corrected chi connectivity index (χ1v) is 3.91. The average molecular weight is 243 g/mol. The molecule has 0 unspecified atom stereocenters. The lowest BCUT2D eigenvalue weighted by Gasteiger charge is -2.12. The number of benzene rings is 1. The first-order chi connectivity index (χ1) is 6.76. The summed E-state index contributed by atoms with van der Waals surface area (Å²) in [6, 6.07) is 0.356. The van der Waals surface area contributed by atoms with Gasteiger partial charge in [-0.25, -0.2) is 13.6 Å². The van der Waals surface area contributed by atoms with E-state index in [-0.39, 0.29) is 6.07 Å². The lowest BCUT2D eigenvalue weighted by molar-refractivity contribution is -0.166. The molecular formula is C8H3ClF4O2. The molecule has 7 heteroatoms. The van der Waals surface area contributed by atoms with Crippen LogP contribution < -0.4 is 0 Å². The van der Waals surface area contributed by atoms with Gasteiger partial charge in [-0.1, -0.05) is 11.6 Å². The third kappa shape index (κ3) is 2.04. The van der Waals surface area contributed by atoms with E-state index in [0.29, 0.717) is 6.07 Å². The fraction of sp³-hybridized carbons (Fsp3) is 0.125. The Balaban J connectivity index is 3.38. The van der Waals surface area contributed by atoms with E-state index in [4.69, 9.17) is 16.7 Å². The zero-order chi connectivity index (χ0) is 11.8. The number of aliphatic carboxylic acids is 1. The molecule has 0 aliphatic rings. The molecule has 15 heavy (non-hydrogen) atoms. The first-order valence-electron chi connectivity index (χ1n) is 3.53. The van der Waals surface area contributed by atoms with Gasteiger partial charge in [0.15, 0.2) is 0 Å². The van der Waals surface area contributed by atoms with Crippen LogP contribution in [0.5, 0.6) is 0 Å². The normalized spacial score (nSPS) is 11.5. The van der Waals surface area contributed by atoms with E-state index in [0.717, 1.165) is 0 Å². The number of hydrogen-bond donors (Lipinski definition) is 1. The van der Waals surface area contributed by atoms with Gasteiger partial charge < -0.3 is 5.11 Å². The molecule has 1 aromatic rings. The molecule has 0 aliphatic carbocycles. The Kier molecular flexibility index (Phi) is 2.90. The van der Waals surface area contributed by atoms with Crippen LogP contribution in [0.4, 0.5) is 17.6 Å². The summed E-state index contributed by atoms with van der Waals surface area (Å²) in [6.45, 7) is 0. The number of carboxylic acids is 1. The smallest absolute Gasteiger partial charge is 0.379 e. The van der Waals surface area contributed by atoms with Crippen molar-refractivity contribution < 1.29 is 27.5 Å². The van der Waals surface area contributed by atoms with Crippen LogP contribution in [0.2, 0.25) is 5.02 Å². The molecule has 0 atom stereocenters. The monoisotopic (exact) mass is 242 g/mol. The number of rotatable bonds is 2. The van der Waals surface area contributed by atoms with Gasteiger partial charge in [0.2, 0.25) is 0 Å². The quantitative estimate of drug-likeness (QED) is 0.640. The summed E-state index contributed by atoms with van der Waals surface area (Å²) in [4.78, 5) is 10.1. The third-order valence-electron chi connectivity index (χ3n) is 1.62. The van der Waals surface area contributed by atoms with E-state index in [1.54, 1.807) is 0 Å². The largest absolute Gasteiger partial charge is 0.477 e. The molecule has 1 N–H and O–H groups in total. The van der Waals surface area contributed by atoms with Gasteiger partial charge in [-0.2, -0.15) is 8.78 Å². The second-order valence-electron chi connectivity index (χ2n) is 2.63. The molecule has 0 saturated carbocycles. The molecule has 0 bridgehead atoms. The van der Waals surface area contributed by atoms with Gasteiger partial charge in [0, 0.05) is 0 Å². The van der Waals surface area contributed by atoms with Crippen LogP contribution >= 0.6 is 11.6 Å².